The molecule has 0 unspecified atom stereocenters. The van der Waals surface area contributed by atoms with Crippen molar-refractivity contribution in [3.63, 3.8) is 0 Å². The molecule has 1 saturated carbocycles. The fourth-order valence-electron chi connectivity index (χ4n) is 3.57. The number of H-pyrrole nitrogens is 2. The number of hydrogen-bond donors (Lipinski definition) is 4. The minimum Gasteiger partial charge on any atom is -0.370 e. The fourth-order valence-corrected chi connectivity index (χ4v) is 3.57. The van der Waals surface area contributed by atoms with E-state index in [1.165, 1.54) is 5.56 Å². The van der Waals surface area contributed by atoms with Crippen LogP contribution in [0.15, 0.2) is 39.9 Å². The summed E-state index contributed by atoms with van der Waals surface area (Å²) in [6, 6.07) is 9.82. The first kappa shape index (κ1) is 20.7. The zero-order valence-electron chi connectivity index (χ0n) is 15.4. The zero-order valence-corrected chi connectivity index (χ0v) is 15.4. The van der Waals surface area contributed by atoms with Gasteiger partial charge >= 0.3 is 11.9 Å². The smallest absolute Gasteiger partial charge is 0.370 e. The largest absolute Gasteiger partial charge is 0.405 e. The molecule has 10 heteroatoms. The summed E-state index contributed by atoms with van der Waals surface area (Å²) in [6.07, 6.45) is -1.53. The third-order valence-corrected chi connectivity index (χ3v) is 4.97. The van der Waals surface area contributed by atoms with Gasteiger partial charge in [0.1, 0.15) is 17.9 Å². The average Bonchev–Trinajstić information content (AvgIpc) is 2.67. The summed E-state index contributed by atoms with van der Waals surface area (Å²) in [5.74, 6) is -0.409. The van der Waals surface area contributed by atoms with Crippen LogP contribution < -0.4 is 21.9 Å². The standard InChI is InChI=1S/C19H21F3N4O3/c20-19(21,22)10-23-14-15(25-18(29)26-16(14)27)17(28)24-13-8-6-12(7-9-13)11-4-2-1-3-5-11/h1-5,12-13,23H,6-10H2,(H,24,28)(H2,25,26,27,29)/t12-,13+. The van der Waals surface area contributed by atoms with Crippen molar-refractivity contribution in [3.05, 3.63) is 62.4 Å². The maximum atomic E-state index is 12.6. The molecule has 1 aromatic heterocycles. The molecule has 4 N–H and O–H groups in total. The topological polar surface area (TPSA) is 107 Å². The molecular weight excluding hydrogens is 389 g/mol. The Balaban J connectivity index is 1.68. The van der Waals surface area contributed by atoms with Gasteiger partial charge in [-0.25, -0.2) is 4.79 Å². The van der Waals surface area contributed by atoms with Gasteiger partial charge in [0.05, 0.1) is 0 Å². The zero-order chi connectivity index (χ0) is 21.0. The number of hydrogen-bond acceptors (Lipinski definition) is 4. The molecule has 2 aromatic rings. The van der Waals surface area contributed by atoms with Crippen LogP contribution in [-0.4, -0.2) is 34.6 Å². The molecule has 0 aliphatic heterocycles. The van der Waals surface area contributed by atoms with Gasteiger partial charge < -0.3 is 15.6 Å². The van der Waals surface area contributed by atoms with Gasteiger partial charge in [0.15, 0.2) is 0 Å². The van der Waals surface area contributed by atoms with Crippen molar-refractivity contribution in [3.8, 4) is 0 Å². The molecule has 1 aromatic carbocycles. The summed E-state index contributed by atoms with van der Waals surface area (Å²) in [5.41, 5.74) is -1.94. The van der Waals surface area contributed by atoms with Crippen LogP contribution >= 0.6 is 0 Å². The van der Waals surface area contributed by atoms with Crippen molar-refractivity contribution in [1.82, 2.24) is 15.3 Å². The van der Waals surface area contributed by atoms with Gasteiger partial charge in [-0.15, -0.1) is 0 Å². The summed E-state index contributed by atoms with van der Waals surface area (Å²) < 4.78 is 37.5. The van der Waals surface area contributed by atoms with Crippen molar-refractivity contribution in [2.45, 2.75) is 43.8 Å². The van der Waals surface area contributed by atoms with E-state index in [1.54, 1.807) is 0 Å². The average molecular weight is 410 g/mol. The van der Waals surface area contributed by atoms with E-state index in [2.05, 4.69) is 22.4 Å². The third kappa shape index (κ3) is 5.49. The molecular formula is C19H21F3N4O3. The summed E-state index contributed by atoms with van der Waals surface area (Å²) >= 11 is 0. The van der Waals surface area contributed by atoms with Gasteiger partial charge in [-0.3, -0.25) is 14.6 Å². The monoisotopic (exact) mass is 410 g/mol. The minimum absolute atomic E-state index is 0.194. The second-order valence-corrected chi connectivity index (χ2v) is 7.06. The Labute approximate surface area is 163 Å². The van der Waals surface area contributed by atoms with Crippen molar-refractivity contribution in [2.75, 3.05) is 11.9 Å². The third-order valence-electron chi connectivity index (χ3n) is 4.97. The van der Waals surface area contributed by atoms with Crippen LogP contribution in [0, 0.1) is 0 Å². The van der Waals surface area contributed by atoms with Gasteiger partial charge in [0.25, 0.3) is 11.5 Å². The van der Waals surface area contributed by atoms with Crippen LogP contribution in [0.5, 0.6) is 0 Å². The van der Waals surface area contributed by atoms with Crippen molar-refractivity contribution < 1.29 is 18.0 Å². The highest BCUT2D eigenvalue weighted by molar-refractivity contribution is 5.97. The molecule has 7 nitrogen and oxygen atoms in total. The SMILES string of the molecule is O=C(N[C@H]1CC[C@@H](c2ccccc2)CC1)c1[nH]c(=O)[nH]c(=O)c1NCC(F)(F)F. The summed E-state index contributed by atoms with van der Waals surface area (Å²) in [4.78, 5) is 39.9. The number of nitrogens with one attached hydrogen (secondary N) is 4. The van der Waals surface area contributed by atoms with Gasteiger partial charge in [0, 0.05) is 6.04 Å². The number of carbonyl (C=O) groups is 1. The van der Waals surface area contributed by atoms with E-state index in [0.717, 1.165) is 12.8 Å². The first-order chi connectivity index (χ1) is 13.7. The highest BCUT2D eigenvalue weighted by Crippen LogP contribution is 2.32. The Kier molecular flexibility index (Phi) is 6.09. The van der Waals surface area contributed by atoms with Crippen molar-refractivity contribution in [2.24, 2.45) is 0 Å². The van der Waals surface area contributed by atoms with Gasteiger partial charge in [-0.05, 0) is 37.2 Å². The molecule has 0 spiro atoms. The quantitative estimate of drug-likeness (QED) is 0.608. The van der Waals surface area contributed by atoms with Crippen molar-refractivity contribution in [1.29, 1.82) is 0 Å². The summed E-state index contributed by atoms with van der Waals surface area (Å²) in [7, 11) is 0. The minimum atomic E-state index is -4.59. The number of carbonyl (C=O) groups excluding carboxylic acids is 1. The lowest BCUT2D eigenvalue weighted by Gasteiger charge is -2.29. The Bertz CT molecular complexity index is 961. The fraction of sp³-hybridized carbons (Fsp3) is 0.421. The summed E-state index contributed by atoms with van der Waals surface area (Å²) in [5, 5.41) is 4.61. The lowest BCUT2D eigenvalue weighted by Crippen LogP contribution is -2.41. The molecule has 1 aliphatic rings. The second kappa shape index (κ2) is 8.54. The van der Waals surface area contributed by atoms with Gasteiger partial charge in [-0.1, -0.05) is 30.3 Å². The first-order valence-corrected chi connectivity index (χ1v) is 9.26. The van der Waals surface area contributed by atoms with Gasteiger partial charge in [-0.2, -0.15) is 13.2 Å². The molecule has 1 fully saturated rings. The van der Waals surface area contributed by atoms with E-state index in [0.29, 0.717) is 18.8 Å². The number of amides is 1. The van der Waals surface area contributed by atoms with Crippen LogP contribution in [0.25, 0.3) is 0 Å². The molecule has 1 heterocycles. The highest BCUT2D eigenvalue weighted by Gasteiger charge is 2.29. The van der Waals surface area contributed by atoms with Crippen molar-refractivity contribution >= 4 is 11.6 Å². The van der Waals surface area contributed by atoms with E-state index >= 15 is 0 Å². The lowest BCUT2D eigenvalue weighted by atomic mass is 9.82. The molecule has 1 aliphatic carbocycles. The predicted molar refractivity (Wildman–Crippen MR) is 101 cm³/mol. The van der Waals surface area contributed by atoms with E-state index in [4.69, 9.17) is 0 Å². The van der Waals surface area contributed by atoms with E-state index in [9.17, 15) is 27.6 Å². The van der Waals surface area contributed by atoms with E-state index in [-0.39, 0.29) is 6.04 Å². The Hall–Kier alpha value is -3.04. The molecule has 29 heavy (non-hydrogen) atoms. The van der Waals surface area contributed by atoms with Crippen LogP contribution in [0.2, 0.25) is 0 Å². The number of aromatic nitrogens is 2. The van der Waals surface area contributed by atoms with Crippen LogP contribution in [-0.2, 0) is 0 Å². The highest BCUT2D eigenvalue weighted by atomic mass is 19.4. The maximum Gasteiger partial charge on any atom is 0.405 e. The molecule has 0 atom stereocenters. The number of halogens is 3. The first-order valence-electron chi connectivity index (χ1n) is 9.26. The number of rotatable bonds is 5. The number of benzene rings is 1. The van der Waals surface area contributed by atoms with Crippen LogP contribution in [0.4, 0.5) is 18.9 Å². The molecule has 0 radical (unpaired) electrons. The molecule has 1 amide bonds. The van der Waals surface area contributed by atoms with Crippen LogP contribution in [0.1, 0.15) is 47.7 Å². The molecule has 3 rings (SSSR count). The maximum absolute atomic E-state index is 12.6. The number of anilines is 1. The number of alkyl halides is 3. The van der Waals surface area contributed by atoms with E-state index in [1.807, 2.05) is 28.5 Å². The molecule has 156 valence electrons. The summed E-state index contributed by atoms with van der Waals surface area (Å²) in [6.45, 7) is -1.51. The lowest BCUT2D eigenvalue weighted by molar-refractivity contribution is -0.115. The number of aromatic amines is 2. The van der Waals surface area contributed by atoms with Gasteiger partial charge in [0.2, 0.25) is 0 Å². The predicted octanol–water partition coefficient (Wildman–Crippen LogP) is 2.49. The Morgan fingerprint density at radius 2 is 1.69 bits per heavy atom. The van der Waals surface area contributed by atoms with Crippen LogP contribution in [0.3, 0.4) is 0 Å². The Morgan fingerprint density at radius 1 is 1.03 bits per heavy atom. The Morgan fingerprint density at radius 3 is 2.31 bits per heavy atom. The normalized spacial score (nSPS) is 19.6. The molecule has 0 bridgehead atoms. The second-order valence-electron chi connectivity index (χ2n) is 7.06. The van der Waals surface area contributed by atoms with E-state index < -0.39 is 41.3 Å². The molecule has 0 saturated heterocycles.